The zero-order valence-electron chi connectivity index (χ0n) is 10.7. The van der Waals surface area contributed by atoms with E-state index in [-0.39, 0.29) is 0 Å². The molecule has 0 fully saturated rings. The maximum atomic E-state index is 10.3. The Labute approximate surface area is 127 Å². The zero-order valence-corrected chi connectivity index (χ0v) is 13.1. The van der Waals surface area contributed by atoms with E-state index in [1.54, 1.807) is 6.07 Å². The molecule has 19 heavy (non-hydrogen) atoms. The first kappa shape index (κ1) is 14.6. The lowest BCUT2D eigenvalue weighted by molar-refractivity contribution is 0.178. The Hall–Kier alpha value is -0.830. The van der Waals surface area contributed by atoms with Gasteiger partial charge in [-0.25, -0.2) is 0 Å². The molecular formula is C16H16BrClO. The second-order valence-electron chi connectivity index (χ2n) is 4.59. The molecule has 0 amide bonds. The summed E-state index contributed by atoms with van der Waals surface area (Å²) in [6.45, 7) is 2.13. The quantitative estimate of drug-likeness (QED) is 0.836. The van der Waals surface area contributed by atoms with Crippen LogP contribution in [0.1, 0.15) is 29.7 Å². The summed E-state index contributed by atoms with van der Waals surface area (Å²) in [7, 11) is 0. The van der Waals surface area contributed by atoms with Gasteiger partial charge in [0.25, 0.3) is 0 Å². The van der Waals surface area contributed by atoms with Crippen LogP contribution in [0.15, 0.2) is 46.9 Å². The Balaban J connectivity index is 2.13. The lowest BCUT2D eigenvalue weighted by Crippen LogP contribution is -2.02. The van der Waals surface area contributed by atoms with Crippen LogP contribution < -0.4 is 0 Å². The third-order valence-corrected chi connectivity index (χ3v) is 3.81. The molecule has 2 rings (SSSR count). The van der Waals surface area contributed by atoms with E-state index >= 15 is 0 Å². The van der Waals surface area contributed by atoms with Crippen LogP contribution in [0.3, 0.4) is 0 Å². The Kier molecular flexibility index (Phi) is 5.03. The molecule has 0 saturated heterocycles. The van der Waals surface area contributed by atoms with Crippen molar-refractivity contribution in [1.29, 1.82) is 0 Å². The molecule has 1 nitrogen and oxygen atoms in total. The Morgan fingerprint density at radius 1 is 1.11 bits per heavy atom. The summed E-state index contributed by atoms with van der Waals surface area (Å²) in [6.07, 6.45) is 1.09. The summed E-state index contributed by atoms with van der Waals surface area (Å²) in [6, 6.07) is 13.9. The van der Waals surface area contributed by atoms with Crippen molar-refractivity contribution < 1.29 is 5.11 Å². The highest BCUT2D eigenvalue weighted by molar-refractivity contribution is 9.10. The third kappa shape index (κ3) is 4.07. The van der Waals surface area contributed by atoms with Crippen molar-refractivity contribution in [2.75, 3.05) is 0 Å². The fourth-order valence-electron chi connectivity index (χ4n) is 2.02. The third-order valence-electron chi connectivity index (χ3n) is 3.13. The molecule has 1 N–H and O–H groups in total. The lowest BCUT2D eigenvalue weighted by Gasteiger charge is -2.12. The fraction of sp³-hybridized carbons (Fsp3) is 0.250. The lowest BCUT2D eigenvalue weighted by atomic mass is 10.0. The van der Waals surface area contributed by atoms with Crippen LogP contribution in [0.25, 0.3) is 0 Å². The zero-order chi connectivity index (χ0) is 13.8. The smallest absolute Gasteiger partial charge is 0.0831 e. The Morgan fingerprint density at radius 2 is 1.74 bits per heavy atom. The number of hydrogen-bond donors (Lipinski definition) is 1. The van der Waals surface area contributed by atoms with Crippen LogP contribution in [0.5, 0.6) is 0 Å². The molecule has 1 unspecified atom stereocenters. The summed E-state index contributed by atoms with van der Waals surface area (Å²) in [4.78, 5) is 0. The number of hydrogen-bond acceptors (Lipinski definition) is 1. The van der Waals surface area contributed by atoms with Gasteiger partial charge in [-0.2, -0.15) is 0 Å². The van der Waals surface area contributed by atoms with Gasteiger partial charge in [-0.1, -0.05) is 58.7 Å². The van der Waals surface area contributed by atoms with Crippen molar-refractivity contribution in [2.24, 2.45) is 0 Å². The van der Waals surface area contributed by atoms with E-state index in [4.69, 9.17) is 11.6 Å². The fourth-order valence-corrected chi connectivity index (χ4v) is 2.91. The van der Waals surface area contributed by atoms with E-state index in [2.05, 4.69) is 47.1 Å². The summed E-state index contributed by atoms with van der Waals surface area (Å²) in [5.41, 5.74) is 3.27. The van der Waals surface area contributed by atoms with Gasteiger partial charge in [-0.3, -0.25) is 0 Å². The first-order chi connectivity index (χ1) is 9.08. The molecule has 100 valence electrons. The van der Waals surface area contributed by atoms with Gasteiger partial charge in [-0.15, -0.1) is 0 Å². The van der Waals surface area contributed by atoms with Crippen molar-refractivity contribution >= 4 is 27.5 Å². The minimum absolute atomic E-state index is 0.539. The number of benzene rings is 2. The minimum atomic E-state index is -0.539. The molecule has 1 atom stereocenters. The van der Waals surface area contributed by atoms with Crippen LogP contribution in [0, 0.1) is 0 Å². The number of halogens is 2. The predicted octanol–water partition coefficient (Wildman–Crippen LogP) is 4.94. The highest BCUT2D eigenvalue weighted by Gasteiger charge is 2.10. The molecule has 0 aromatic heterocycles. The van der Waals surface area contributed by atoms with Crippen molar-refractivity contribution in [3.05, 3.63) is 68.7 Å². The van der Waals surface area contributed by atoms with Gasteiger partial charge in [0.2, 0.25) is 0 Å². The Morgan fingerprint density at radius 3 is 2.32 bits per heavy atom. The first-order valence-corrected chi connectivity index (χ1v) is 7.47. The van der Waals surface area contributed by atoms with E-state index in [1.165, 1.54) is 5.56 Å². The monoisotopic (exact) mass is 338 g/mol. The largest absolute Gasteiger partial charge is 0.388 e. The molecule has 0 bridgehead atoms. The molecule has 2 aromatic carbocycles. The van der Waals surface area contributed by atoms with Crippen molar-refractivity contribution in [3.8, 4) is 0 Å². The van der Waals surface area contributed by atoms with Gasteiger partial charge in [0.1, 0.15) is 0 Å². The predicted molar refractivity (Wildman–Crippen MR) is 83.6 cm³/mol. The SMILES string of the molecule is CCc1ccc(CC(O)c2cc(Cl)cc(Br)c2)cc1. The van der Waals surface area contributed by atoms with Gasteiger partial charge in [0.15, 0.2) is 0 Å². The van der Waals surface area contributed by atoms with Gasteiger partial charge < -0.3 is 5.11 Å². The molecular weight excluding hydrogens is 324 g/mol. The molecule has 3 heteroatoms. The summed E-state index contributed by atoms with van der Waals surface area (Å²) in [5, 5.41) is 10.9. The average Bonchev–Trinajstić information content (AvgIpc) is 2.38. The molecule has 0 heterocycles. The maximum absolute atomic E-state index is 10.3. The number of aryl methyl sites for hydroxylation is 1. The second-order valence-corrected chi connectivity index (χ2v) is 5.94. The van der Waals surface area contributed by atoms with E-state index < -0.39 is 6.10 Å². The molecule has 0 spiro atoms. The van der Waals surface area contributed by atoms with Crippen LogP contribution in [0.4, 0.5) is 0 Å². The molecule has 2 aromatic rings. The minimum Gasteiger partial charge on any atom is -0.388 e. The molecule has 0 saturated carbocycles. The van der Waals surface area contributed by atoms with Crippen molar-refractivity contribution in [3.63, 3.8) is 0 Å². The number of aliphatic hydroxyl groups excluding tert-OH is 1. The molecule has 0 radical (unpaired) electrons. The van der Waals surface area contributed by atoms with Crippen LogP contribution >= 0.6 is 27.5 Å². The normalized spacial score (nSPS) is 12.4. The number of rotatable bonds is 4. The maximum Gasteiger partial charge on any atom is 0.0831 e. The van der Waals surface area contributed by atoms with E-state index in [0.717, 1.165) is 22.0 Å². The standard InChI is InChI=1S/C16H16BrClO/c1-2-11-3-5-12(6-4-11)7-16(19)13-8-14(17)10-15(18)9-13/h3-6,8-10,16,19H,2,7H2,1H3. The molecule has 0 aliphatic heterocycles. The highest BCUT2D eigenvalue weighted by Crippen LogP contribution is 2.26. The number of aliphatic hydroxyl groups is 1. The van der Waals surface area contributed by atoms with Gasteiger partial charge >= 0.3 is 0 Å². The second kappa shape index (κ2) is 6.56. The van der Waals surface area contributed by atoms with Crippen LogP contribution in [-0.2, 0) is 12.8 Å². The van der Waals surface area contributed by atoms with Crippen LogP contribution in [-0.4, -0.2) is 5.11 Å². The van der Waals surface area contributed by atoms with Gasteiger partial charge in [0, 0.05) is 15.9 Å². The van der Waals surface area contributed by atoms with Crippen LogP contribution in [0.2, 0.25) is 5.02 Å². The molecule has 0 aliphatic carbocycles. The summed E-state index contributed by atoms with van der Waals surface area (Å²) < 4.78 is 0.885. The van der Waals surface area contributed by atoms with E-state index in [1.807, 2.05) is 12.1 Å². The van der Waals surface area contributed by atoms with Gasteiger partial charge in [0.05, 0.1) is 6.10 Å². The van der Waals surface area contributed by atoms with Gasteiger partial charge in [-0.05, 0) is 41.3 Å². The topological polar surface area (TPSA) is 20.2 Å². The Bertz CT molecular complexity index is 531. The van der Waals surface area contributed by atoms with Crippen molar-refractivity contribution in [2.45, 2.75) is 25.9 Å². The highest BCUT2D eigenvalue weighted by atomic mass is 79.9. The van der Waals surface area contributed by atoms with E-state index in [0.29, 0.717) is 11.4 Å². The average molecular weight is 340 g/mol. The summed E-state index contributed by atoms with van der Waals surface area (Å²) >= 11 is 9.39. The van der Waals surface area contributed by atoms with E-state index in [9.17, 15) is 5.11 Å². The van der Waals surface area contributed by atoms with Crippen molar-refractivity contribution in [1.82, 2.24) is 0 Å². The first-order valence-electron chi connectivity index (χ1n) is 6.30. The molecule has 0 aliphatic rings. The summed E-state index contributed by atoms with van der Waals surface area (Å²) in [5.74, 6) is 0.